The average Bonchev–Trinajstić information content (AvgIpc) is 2.57. The van der Waals surface area contributed by atoms with E-state index in [0.29, 0.717) is 25.2 Å². The summed E-state index contributed by atoms with van der Waals surface area (Å²) in [5.41, 5.74) is 1.77. The van der Waals surface area contributed by atoms with Crippen LogP contribution in [0, 0.1) is 0 Å². The van der Waals surface area contributed by atoms with Crippen molar-refractivity contribution in [2.45, 2.75) is 19.1 Å². The molecule has 0 unspecified atom stereocenters. The predicted molar refractivity (Wildman–Crippen MR) is 88.6 cm³/mol. The van der Waals surface area contributed by atoms with E-state index < -0.39 is 0 Å². The Labute approximate surface area is 131 Å². The molecule has 0 aromatic heterocycles. The maximum Gasteiger partial charge on any atom is 0.251 e. The minimum absolute atomic E-state index is 0.0751. The van der Waals surface area contributed by atoms with Gasteiger partial charge in [0.15, 0.2) is 0 Å². The smallest absolute Gasteiger partial charge is 0.251 e. The normalized spacial score (nSPS) is 11.6. The number of benzene rings is 2. The highest BCUT2D eigenvalue weighted by Gasteiger charge is 2.12. The van der Waals surface area contributed by atoms with Crippen LogP contribution < -0.4 is 5.32 Å². The molecule has 0 saturated heterocycles. The third kappa shape index (κ3) is 5.19. The number of hydrogen-bond donors (Lipinski definition) is 1. The first-order valence-electron chi connectivity index (χ1n) is 7.38. The van der Waals surface area contributed by atoms with Crippen LogP contribution >= 0.6 is 0 Å². The lowest BCUT2D eigenvalue weighted by molar-refractivity contribution is 0.0801. The fourth-order valence-electron chi connectivity index (χ4n) is 2.12. The van der Waals surface area contributed by atoms with Gasteiger partial charge >= 0.3 is 0 Å². The SMILES string of the molecule is C=CC[C@H](COCc1ccccc1)NC(=O)c1ccccc1. The van der Waals surface area contributed by atoms with E-state index in [0.717, 1.165) is 5.56 Å². The van der Waals surface area contributed by atoms with Crippen molar-refractivity contribution in [3.63, 3.8) is 0 Å². The molecule has 0 aliphatic heterocycles. The molecule has 0 aliphatic rings. The molecule has 22 heavy (non-hydrogen) atoms. The van der Waals surface area contributed by atoms with Crippen LogP contribution in [0.5, 0.6) is 0 Å². The maximum absolute atomic E-state index is 12.2. The van der Waals surface area contributed by atoms with Gasteiger partial charge in [-0.3, -0.25) is 4.79 Å². The first-order valence-corrected chi connectivity index (χ1v) is 7.38. The van der Waals surface area contributed by atoms with Crippen LogP contribution in [0.25, 0.3) is 0 Å². The van der Waals surface area contributed by atoms with E-state index in [1.165, 1.54) is 0 Å². The van der Waals surface area contributed by atoms with Gasteiger partial charge in [0, 0.05) is 5.56 Å². The maximum atomic E-state index is 12.2. The summed E-state index contributed by atoms with van der Waals surface area (Å²) in [4.78, 5) is 12.2. The largest absolute Gasteiger partial charge is 0.375 e. The van der Waals surface area contributed by atoms with Gasteiger partial charge in [0.05, 0.1) is 19.3 Å². The monoisotopic (exact) mass is 295 g/mol. The first kappa shape index (κ1) is 16.0. The highest BCUT2D eigenvalue weighted by molar-refractivity contribution is 5.94. The molecule has 2 rings (SSSR count). The van der Waals surface area contributed by atoms with Crippen LogP contribution in [0.2, 0.25) is 0 Å². The zero-order valence-corrected chi connectivity index (χ0v) is 12.6. The third-order valence-corrected chi connectivity index (χ3v) is 3.25. The molecular formula is C19H21NO2. The van der Waals surface area contributed by atoms with Crippen LogP contribution in [-0.2, 0) is 11.3 Å². The highest BCUT2D eigenvalue weighted by atomic mass is 16.5. The molecule has 114 valence electrons. The van der Waals surface area contributed by atoms with Crippen molar-refractivity contribution in [2.24, 2.45) is 0 Å². The number of ether oxygens (including phenoxy) is 1. The Bertz CT molecular complexity index is 581. The summed E-state index contributed by atoms with van der Waals surface area (Å²) in [6.45, 7) is 4.74. The van der Waals surface area contributed by atoms with Crippen LogP contribution in [-0.4, -0.2) is 18.6 Å². The Kier molecular flexibility index (Phi) is 6.39. The van der Waals surface area contributed by atoms with Gasteiger partial charge in [-0.15, -0.1) is 6.58 Å². The molecule has 1 amide bonds. The summed E-state index contributed by atoms with van der Waals surface area (Å²) in [5.74, 6) is -0.0873. The molecule has 2 aromatic rings. The van der Waals surface area contributed by atoms with E-state index in [-0.39, 0.29) is 11.9 Å². The Hall–Kier alpha value is -2.39. The van der Waals surface area contributed by atoms with Gasteiger partial charge in [-0.1, -0.05) is 54.6 Å². The van der Waals surface area contributed by atoms with E-state index in [4.69, 9.17) is 4.74 Å². The summed E-state index contributed by atoms with van der Waals surface area (Å²) in [6, 6.07) is 19.1. The van der Waals surface area contributed by atoms with Crippen LogP contribution in [0.4, 0.5) is 0 Å². The molecule has 3 nitrogen and oxygen atoms in total. The zero-order chi connectivity index (χ0) is 15.6. The van der Waals surface area contributed by atoms with Crippen molar-refractivity contribution in [1.82, 2.24) is 5.32 Å². The summed E-state index contributed by atoms with van der Waals surface area (Å²) < 4.78 is 5.71. The molecule has 1 atom stereocenters. The second kappa shape index (κ2) is 8.80. The molecule has 3 heteroatoms. The zero-order valence-electron chi connectivity index (χ0n) is 12.6. The van der Waals surface area contributed by atoms with Crippen molar-refractivity contribution in [3.05, 3.63) is 84.4 Å². The van der Waals surface area contributed by atoms with Crippen molar-refractivity contribution >= 4 is 5.91 Å². The Morgan fingerprint density at radius 3 is 2.36 bits per heavy atom. The Balaban J connectivity index is 1.84. The fourth-order valence-corrected chi connectivity index (χ4v) is 2.12. The summed E-state index contributed by atoms with van der Waals surface area (Å²) in [5, 5.41) is 2.99. The minimum atomic E-state index is -0.0873. The number of nitrogens with one attached hydrogen (secondary N) is 1. The molecular weight excluding hydrogens is 274 g/mol. The van der Waals surface area contributed by atoms with Gasteiger partial charge in [-0.2, -0.15) is 0 Å². The fraction of sp³-hybridized carbons (Fsp3) is 0.211. The molecule has 0 bridgehead atoms. The standard InChI is InChI=1S/C19H21NO2/c1-2-9-18(15-22-14-16-10-5-3-6-11-16)20-19(21)17-12-7-4-8-13-17/h2-8,10-13,18H,1,9,14-15H2,(H,20,21)/t18-/m1/s1. The summed E-state index contributed by atoms with van der Waals surface area (Å²) >= 11 is 0. The van der Waals surface area contributed by atoms with Gasteiger partial charge in [0.2, 0.25) is 0 Å². The van der Waals surface area contributed by atoms with Gasteiger partial charge in [-0.25, -0.2) is 0 Å². The molecule has 1 N–H and O–H groups in total. The number of amides is 1. The Morgan fingerprint density at radius 2 is 1.73 bits per heavy atom. The highest BCUT2D eigenvalue weighted by Crippen LogP contribution is 2.04. The van der Waals surface area contributed by atoms with Crippen LogP contribution in [0.15, 0.2) is 73.3 Å². The van der Waals surface area contributed by atoms with Gasteiger partial charge < -0.3 is 10.1 Å². The lowest BCUT2D eigenvalue weighted by atomic mass is 10.1. The van der Waals surface area contributed by atoms with E-state index in [2.05, 4.69) is 11.9 Å². The predicted octanol–water partition coefficient (Wildman–Crippen LogP) is 3.58. The molecule has 0 saturated carbocycles. The topological polar surface area (TPSA) is 38.3 Å². The number of carbonyl (C=O) groups excluding carboxylic acids is 1. The number of hydrogen-bond acceptors (Lipinski definition) is 2. The lowest BCUT2D eigenvalue weighted by Gasteiger charge is -2.17. The van der Waals surface area contributed by atoms with E-state index in [9.17, 15) is 4.79 Å². The number of carbonyl (C=O) groups is 1. The van der Waals surface area contributed by atoms with Crippen molar-refractivity contribution in [3.8, 4) is 0 Å². The molecule has 0 spiro atoms. The minimum Gasteiger partial charge on any atom is -0.375 e. The molecule has 0 radical (unpaired) electrons. The van der Waals surface area contributed by atoms with Crippen LogP contribution in [0.1, 0.15) is 22.3 Å². The Morgan fingerprint density at radius 1 is 1.09 bits per heavy atom. The average molecular weight is 295 g/mol. The van der Waals surface area contributed by atoms with Gasteiger partial charge in [0.25, 0.3) is 5.91 Å². The van der Waals surface area contributed by atoms with Crippen molar-refractivity contribution in [1.29, 1.82) is 0 Å². The second-order valence-electron chi connectivity index (χ2n) is 5.06. The van der Waals surface area contributed by atoms with Gasteiger partial charge in [-0.05, 0) is 24.1 Å². The summed E-state index contributed by atoms with van der Waals surface area (Å²) in [7, 11) is 0. The lowest BCUT2D eigenvalue weighted by Crippen LogP contribution is -2.37. The van der Waals surface area contributed by atoms with Crippen LogP contribution in [0.3, 0.4) is 0 Å². The van der Waals surface area contributed by atoms with Crippen molar-refractivity contribution < 1.29 is 9.53 Å². The molecule has 0 heterocycles. The third-order valence-electron chi connectivity index (χ3n) is 3.25. The molecule has 2 aromatic carbocycles. The quantitative estimate of drug-likeness (QED) is 0.756. The first-order chi connectivity index (χ1) is 10.8. The van der Waals surface area contributed by atoms with E-state index >= 15 is 0 Å². The second-order valence-corrected chi connectivity index (χ2v) is 5.06. The molecule has 0 aliphatic carbocycles. The summed E-state index contributed by atoms with van der Waals surface area (Å²) in [6.07, 6.45) is 2.47. The van der Waals surface area contributed by atoms with Gasteiger partial charge in [0.1, 0.15) is 0 Å². The van der Waals surface area contributed by atoms with E-state index in [1.54, 1.807) is 18.2 Å². The number of rotatable bonds is 8. The van der Waals surface area contributed by atoms with Crippen molar-refractivity contribution in [2.75, 3.05) is 6.61 Å². The van der Waals surface area contributed by atoms with E-state index in [1.807, 2.05) is 48.5 Å². The molecule has 0 fully saturated rings.